The van der Waals surface area contributed by atoms with Gasteiger partial charge in [-0.2, -0.15) is 11.3 Å². The number of hydrogen-bond donors (Lipinski definition) is 1. The molecule has 0 atom stereocenters. The van der Waals surface area contributed by atoms with E-state index in [2.05, 4.69) is 64.7 Å². The summed E-state index contributed by atoms with van der Waals surface area (Å²) < 4.78 is 7.35. The Kier molecular flexibility index (Phi) is 7.95. The first-order chi connectivity index (χ1) is 17.0. The van der Waals surface area contributed by atoms with Crippen LogP contribution in [0.1, 0.15) is 24.5 Å². The standard InChI is InChI=1S/C29H27NO3S2/c1-4-26(12-5-20(2)21-6-10-25(33-3)11-7-21)35-30-18-23(9-14-29(31)32)27-17-22(8-13-28(27)30)24-15-16-34-19-24/h4-8,10-13,15-19H,1,9,14H2,2-3H3,(H,31,32)/b20-5+,26-12+. The van der Waals surface area contributed by atoms with Crippen LogP contribution in [0.15, 0.2) is 95.2 Å². The third kappa shape index (κ3) is 5.96. The van der Waals surface area contributed by atoms with E-state index < -0.39 is 5.97 Å². The van der Waals surface area contributed by atoms with Crippen molar-refractivity contribution in [1.29, 1.82) is 0 Å². The van der Waals surface area contributed by atoms with E-state index in [-0.39, 0.29) is 6.42 Å². The molecule has 0 radical (unpaired) electrons. The molecule has 0 fully saturated rings. The van der Waals surface area contributed by atoms with E-state index >= 15 is 0 Å². The molecular formula is C29H27NO3S2. The molecule has 2 aromatic carbocycles. The second-order valence-corrected chi connectivity index (χ2v) is 9.89. The fourth-order valence-corrected chi connectivity index (χ4v) is 5.33. The Bertz CT molecular complexity index is 1390. The minimum absolute atomic E-state index is 0.0976. The van der Waals surface area contributed by atoms with E-state index in [1.165, 1.54) is 5.56 Å². The van der Waals surface area contributed by atoms with Gasteiger partial charge in [-0.1, -0.05) is 36.9 Å². The number of aryl methyl sites for hydroxylation is 1. The van der Waals surface area contributed by atoms with E-state index in [0.29, 0.717) is 6.42 Å². The molecule has 178 valence electrons. The molecule has 2 heterocycles. The van der Waals surface area contributed by atoms with Crippen molar-refractivity contribution in [2.24, 2.45) is 0 Å². The lowest BCUT2D eigenvalue weighted by atomic mass is 10.0. The summed E-state index contributed by atoms with van der Waals surface area (Å²) in [7, 11) is 1.66. The first-order valence-electron chi connectivity index (χ1n) is 11.2. The number of carboxylic acids is 1. The van der Waals surface area contributed by atoms with E-state index in [1.807, 2.05) is 36.5 Å². The quantitative estimate of drug-likeness (QED) is 0.223. The van der Waals surface area contributed by atoms with Gasteiger partial charge >= 0.3 is 5.97 Å². The number of aromatic nitrogens is 1. The molecule has 0 aliphatic carbocycles. The Morgan fingerprint density at radius 1 is 1.14 bits per heavy atom. The lowest BCUT2D eigenvalue weighted by Crippen LogP contribution is -1.96. The Labute approximate surface area is 214 Å². The summed E-state index contributed by atoms with van der Waals surface area (Å²) in [5.74, 6) is 0.0399. The van der Waals surface area contributed by atoms with Gasteiger partial charge < -0.3 is 9.84 Å². The van der Waals surface area contributed by atoms with Gasteiger partial charge in [0.05, 0.1) is 12.6 Å². The van der Waals surface area contributed by atoms with E-state index in [9.17, 15) is 9.90 Å². The average Bonchev–Trinajstić information content (AvgIpc) is 3.53. The van der Waals surface area contributed by atoms with Crippen molar-refractivity contribution < 1.29 is 14.6 Å². The van der Waals surface area contributed by atoms with Crippen molar-refractivity contribution in [2.45, 2.75) is 19.8 Å². The number of aliphatic carboxylic acids is 1. The zero-order valence-corrected chi connectivity index (χ0v) is 21.4. The molecule has 0 spiro atoms. The highest BCUT2D eigenvalue weighted by molar-refractivity contribution is 8.02. The van der Waals surface area contributed by atoms with Crippen molar-refractivity contribution in [3.05, 3.63) is 106 Å². The van der Waals surface area contributed by atoms with E-state index in [4.69, 9.17) is 4.74 Å². The minimum Gasteiger partial charge on any atom is -0.497 e. The molecule has 1 N–H and O–H groups in total. The summed E-state index contributed by atoms with van der Waals surface area (Å²) in [4.78, 5) is 12.2. The third-order valence-corrected chi connectivity index (χ3v) is 7.46. The summed E-state index contributed by atoms with van der Waals surface area (Å²) >= 11 is 3.24. The van der Waals surface area contributed by atoms with Crippen molar-refractivity contribution in [2.75, 3.05) is 7.11 Å². The van der Waals surface area contributed by atoms with E-state index in [1.54, 1.807) is 30.4 Å². The molecule has 35 heavy (non-hydrogen) atoms. The molecule has 0 saturated heterocycles. The molecule has 0 saturated carbocycles. The topological polar surface area (TPSA) is 51.5 Å². The predicted octanol–water partition coefficient (Wildman–Crippen LogP) is 8.07. The summed E-state index contributed by atoms with van der Waals surface area (Å²) in [6.45, 7) is 6.07. The number of ether oxygens (including phenoxy) is 1. The van der Waals surface area contributed by atoms with Gasteiger partial charge in [0.2, 0.25) is 0 Å². The Morgan fingerprint density at radius 3 is 2.60 bits per heavy atom. The predicted molar refractivity (Wildman–Crippen MR) is 149 cm³/mol. The first kappa shape index (κ1) is 24.6. The second-order valence-electron chi connectivity index (χ2n) is 8.06. The fraction of sp³-hybridized carbons (Fsp3) is 0.138. The molecule has 0 aliphatic rings. The van der Waals surface area contributed by atoms with Crippen LogP contribution in [0.5, 0.6) is 5.75 Å². The first-order valence-corrected chi connectivity index (χ1v) is 12.9. The molecule has 0 aliphatic heterocycles. The number of nitrogens with zero attached hydrogens (tertiary/aromatic N) is 1. The van der Waals surface area contributed by atoms with Gasteiger partial charge in [0.25, 0.3) is 0 Å². The van der Waals surface area contributed by atoms with Gasteiger partial charge in [-0.15, -0.1) is 0 Å². The second kappa shape index (κ2) is 11.3. The smallest absolute Gasteiger partial charge is 0.303 e. The lowest BCUT2D eigenvalue weighted by Gasteiger charge is -2.06. The van der Waals surface area contributed by atoms with Crippen molar-refractivity contribution in [3.8, 4) is 16.9 Å². The van der Waals surface area contributed by atoms with Gasteiger partial charge in [0.15, 0.2) is 0 Å². The lowest BCUT2D eigenvalue weighted by molar-refractivity contribution is -0.136. The summed E-state index contributed by atoms with van der Waals surface area (Å²) in [5, 5.41) is 14.5. The highest BCUT2D eigenvalue weighted by Crippen LogP contribution is 2.34. The molecular weight excluding hydrogens is 474 g/mol. The number of thiophene rings is 1. The average molecular weight is 502 g/mol. The number of rotatable bonds is 10. The van der Waals surface area contributed by atoms with Crippen LogP contribution in [-0.2, 0) is 11.2 Å². The molecule has 4 aromatic rings. The molecule has 6 heteroatoms. The number of methoxy groups -OCH3 is 1. The minimum atomic E-state index is -0.793. The van der Waals surface area contributed by atoms with Crippen LogP contribution in [0.3, 0.4) is 0 Å². The van der Waals surface area contributed by atoms with Crippen LogP contribution < -0.4 is 4.74 Å². The maximum Gasteiger partial charge on any atom is 0.303 e. The maximum atomic E-state index is 11.2. The number of fused-ring (bicyclic) bond motifs is 1. The normalized spacial score (nSPS) is 12.2. The third-order valence-electron chi connectivity index (χ3n) is 5.76. The Morgan fingerprint density at radius 2 is 1.94 bits per heavy atom. The largest absolute Gasteiger partial charge is 0.497 e. The van der Waals surface area contributed by atoms with Crippen LogP contribution in [-0.4, -0.2) is 22.2 Å². The van der Waals surface area contributed by atoms with Crippen molar-refractivity contribution in [3.63, 3.8) is 0 Å². The summed E-state index contributed by atoms with van der Waals surface area (Å²) in [5.41, 5.74) is 6.65. The molecule has 4 nitrogen and oxygen atoms in total. The van der Waals surface area contributed by atoms with Crippen LogP contribution in [0.4, 0.5) is 0 Å². The monoisotopic (exact) mass is 501 g/mol. The number of hydrogen-bond acceptors (Lipinski definition) is 4. The fourth-order valence-electron chi connectivity index (χ4n) is 3.80. The van der Waals surface area contributed by atoms with Crippen LogP contribution in [0, 0.1) is 0 Å². The van der Waals surface area contributed by atoms with E-state index in [0.717, 1.165) is 43.8 Å². The number of carboxylic acid groups (broad SMARTS) is 1. The zero-order chi connectivity index (χ0) is 24.8. The van der Waals surface area contributed by atoms with Gasteiger partial charge in [0.1, 0.15) is 5.75 Å². The number of benzene rings is 2. The Balaban J connectivity index is 1.65. The van der Waals surface area contributed by atoms with Crippen molar-refractivity contribution in [1.82, 2.24) is 3.97 Å². The Hall–Kier alpha value is -3.48. The summed E-state index contributed by atoms with van der Waals surface area (Å²) in [6.07, 6.45) is 8.60. The number of allylic oxidation sites excluding steroid dienone is 4. The van der Waals surface area contributed by atoms with Crippen LogP contribution >= 0.6 is 23.3 Å². The molecule has 0 bridgehead atoms. The van der Waals surface area contributed by atoms with Crippen molar-refractivity contribution >= 4 is 45.7 Å². The van der Waals surface area contributed by atoms with Gasteiger partial charge in [-0.3, -0.25) is 8.77 Å². The molecule has 0 unspecified atom stereocenters. The van der Waals surface area contributed by atoms with Gasteiger partial charge in [-0.05, 0) is 100 Å². The highest BCUT2D eigenvalue weighted by Gasteiger charge is 2.13. The molecule has 4 rings (SSSR count). The van der Waals surface area contributed by atoms with Crippen LogP contribution in [0.25, 0.3) is 27.6 Å². The maximum absolute atomic E-state index is 11.2. The highest BCUT2D eigenvalue weighted by atomic mass is 32.2. The SMILES string of the molecule is C=C/C(=C\C=C(/C)c1ccc(OC)cc1)Sn1cc(CCC(=O)O)c2cc(-c3ccsc3)ccc21. The summed E-state index contributed by atoms with van der Waals surface area (Å²) in [6, 6.07) is 16.5. The molecule has 2 aromatic heterocycles. The van der Waals surface area contributed by atoms with Gasteiger partial charge in [0, 0.05) is 22.9 Å². The molecule has 0 amide bonds. The number of carbonyl (C=O) groups is 1. The van der Waals surface area contributed by atoms with Gasteiger partial charge in [-0.25, -0.2) is 0 Å². The van der Waals surface area contributed by atoms with Crippen LogP contribution in [0.2, 0.25) is 0 Å². The zero-order valence-electron chi connectivity index (χ0n) is 19.7.